The van der Waals surface area contributed by atoms with E-state index < -0.39 is 0 Å². The Balaban J connectivity index is 2.64. The van der Waals surface area contributed by atoms with Crippen LogP contribution >= 0.6 is 34.5 Å². The fourth-order valence-electron chi connectivity index (χ4n) is 0.579. The maximum atomic E-state index is 9.79. The predicted octanol–water partition coefficient (Wildman–Crippen LogP) is 2.73. The van der Waals surface area contributed by atoms with Crippen molar-refractivity contribution in [2.24, 2.45) is 0 Å². The summed E-state index contributed by atoms with van der Waals surface area (Å²) in [4.78, 5) is 10.6. The van der Waals surface area contributed by atoms with E-state index in [0.29, 0.717) is 15.8 Å². The Hall–Kier alpha value is -0.250. The zero-order valence-corrected chi connectivity index (χ0v) is 7.67. The summed E-state index contributed by atoms with van der Waals surface area (Å²) >= 11 is 12.6. The van der Waals surface area contributed by atoms with Gasteiger partial charge in [0.1, 0.15) is 10.9 Å². The molecule has 0 saturated heterocycles. The molecule has 2 nitrogen and oxygen atoms in total. The first-order valence-corrected chi connectivity index (χ1v) is 4.30. The van der Waals surface area contributed by atoms with Crippen LogP contribution in [0.3, 0.4) is 0 Å². The van der Waals surface area contributed by atoms with Crippen LogP contribution in [0.1, 0.15) is 4.88 Å². The van der Waals surface area contributed by atoms with Gasteiger partial charge in [-0.3, -0.25) is 4.79 Å². The normalized spacial score (nSPS) is 9.64. The summed E-state index contributed by atoms with van der Waals surface area (Å²) in [5, 5.41) is 0.501. The lowest BCUT2D eigenvalue weighted by atomic mass is 10.5. The first-order valence-electron chi connectivity index (χ1n) is 2.73. The van der Waals surface area contributed by atoms with Crippen LogP contribution in [0.5, 0.6) is 0 Å². The Morgan fingerprint density at radius 1 is 1.64 bits per heavy atom. The van der Waals surface area contributed by atoms with Crippen LogP contribution in [0.2, 0.25) is 9.36 Å². The molecule has 1 rings (SSSR count). The van der Waals surface area contributed by atoms with Gasteiger partial charge in [-0.1, -0.05) is 23.2 Å². The van der Waals surface area contributed by atoms with Gasteiger partial charge in [0, 0.05) is 4.88 Å². The maximum absolute atomic E-state index is 9.79. The fraction of sp³-hybridized carbons (Fsp3) is 0.167. The van der Waals surface area contributed by atoms with Crippen LogP contribution in [0.15, 0.2) is 6.07 Å². The van der Waals surface area contributed by atoms with Crippen LogP contribution in [-0.4, -0.2) is 6.47 Å². The van der Waals surface area contributed by atoms with E-state index in [9.17, 15) is 4.79 Å². The zero-order valence-electron chi connectivity index (χ0n) is 5.34. The predicted molar refractivity (Wildman–Crippen MR) is 45.2 cm³/mol. The molecule has 0 bridgehead atoms. The van der Waals surface area contributed by atoms with Crippen molar-refractivity contribution < 1.29 is 9.53 Å². The summed E-state index contributed by atoms with van der Waals surface area (Å²) < 4.78 is 5.02. The van der Waals surface area contributed by atoms with Crippen molar-refractivity contribution in [3.63, 3.8) is 0 Å². The largest absolute Gasteiger partial charge is 0.462 e. The molecule has 0 amide bonds. The van der Waals surface area contributed by atoms with E-state index in [1.807, 2.05) is 0 Å². The van der Waals surface area contributed by atoms with Gasteiger partial charge in [0.05, 0.1) is 5.02 Å². The van der Waals surface area contributed by atoms with Gasteiger partial charge in [-0.05, 0) is 6.07 Å². The molecule has 0 aromatic carbocycles. The average Bonchev–Trinajstić information content (AvgIpc) is 2.28. The molecule has 11 heavy (non-hydrogen) atoms. The molecular weight excluding hydrogens is 207 g/mol. The van der Waals surface area contributed by atoms with Gasteiger partial charge in [-0.15, -0.1) is 11.3 Å². The number of hydrogen-bond acceptors (Lipinski definition) is 3. The minimum atomic E-state index is 0.237. The van der Waals surface area contributed by atoms with Gasteiger partial charge in [0.15, 0.2) is 0 Å². The lowest BCUT2D eigenvalue weighted by Gasteiger charge is -1.90. The molecule has 0 fully saturated rings. The zero-order chi connectivity index (χ0) is 8.27. The van der Waals surface area contributed by atoms with Gasteiger partial charge in [0.2, 0.25) is 0 Å². The van der Waals surface area contributed by atoms with Gasteiger partial charge in [-0.25, -0.2) is 0 Å². The van der Waals surface area contributed by atoms with Crippen LogP contribution in [0.4, 0.5) is 0 Å². The highest BCUT2D eigenvalue weighted by molar-refractivity contribution is 7.16. The Morgan fingerprint density at radius 3 is 2.82 bits per heavy atom. The van der Waals surface area contributed by atoms with Crippen molar-refractivity contribution in [3.05, 3.63) is 20.3 Å². The van der Waals surface area contributed by atoms with Crippen molar-refractivity contribution >= 4 is 41.0 Å². The van der Waals surface area contributed by atoms with Crippen molar-refractivity contribution in [1.82, 2.24) is 0 Å². The maximum Gasteiger partial charge on any atom is 0.293 e. The second-order valence-electron chi connectivity index (χ2n) is 1.74. The number of carbonyl (C=O) groups excluding carboxylic acids is 1. The van der Waals surface area contributed by atoms with Crippen LogP contribution in [-0.2, 0) is 16.1 Å². The number of hydrogen-bond donors (Lipinski definition) is 0. The molecule has 0 aliphatic heterocycles. The van der Waals surface area contributed by atoms with Gasteiger partial charge in [0.25, 0.3) is 6.47 Å². The van der Waals surface area contributed by atoms with Crippen LogP contribution in [0.25, 0.3) is 0 Å². The Morgan fingerprint density at radius 2 is 2.36 bits per heavy atom. The number of halogens is 2. The Kier molecular flexibility index (Phi) is 3.17. The molecule has 1 aromatic heterocycles. The van der Waals surface area contributed by atoms with E-state index >= 15 is 0 Å². The first kappa shape index (κ1) is 8.84. The highest BCUT2D eigenvalue weighted by atomic mass is 35.5. The highest BCUT2D eigenvalue weighted by Crippen LogP contribution is 2.31. The summed E-state index contributed by atoms with van der Waals surface area (Å²) in [7, 11) is 0. The molecule has 0 aliphatic rings. The molecule has 60 valence electrons. The minimum absolute atomic E-state index is 0.237. The molecule has 1 aromatic rings. The quantitative estimate of drug-likeness (QED) is 0.718. The number of rotatable bonds is 3. The molecule has 0 radical (unpaired) electrons. The molecule has 0 N–H and O–H groups in total. The first-order chi connectivity index (χ1) is 5.24. The van der Waals surface area contributed by atoms with Gasteiger partial charge in [-0.2, -0.15) is 0 Å². The average molecular weight is 211 g/mol. The van der Waals surface area contributed by atoms with Gasteiger partial charge < -0.3 is 4.74 Å². The van der Waals surface area contributed by atoms with Crippen molar-refractivity contribution in [3.8, 4) is 0 Å². The van der Waals surface area contributed by atoms with E-state index in [1.54, 1.807) is 6.07 Å². The smallest absolute Gasteiger partial charge is 0.293 e. The molecule has 0 atom stereocenters. The van der Waals surface area contributed by atoms with E-state index in [4.69, 9.17) is 23.2 Å². The second kappa shape index (κ2) is 3.95. The lowest BCUT2D eigenvalue weighted by molar-refractivity contribution is -0.129. The third kappa shape index (κ3) is 2.36. The third-order valence-corrected chi connectivity index (χ3v) is 2.83. The molecule has 0 unspecified atom stereocenters. The highest BCUT2D eigenvalue weighted by Gasteiger charge is 2.03. The molecular formula is C6H4Cl2O2S. The summed E-state index contributed by atoms with van der Waals surface area (Å²) in [6, 6.07) is 1.68. The summed E-state index contributed by atoms with van der Waals surface area (Å²) in [6.07, 6.45) is 0. The molecule has 1 heterocycles. The van der Waals surface area contributed by atoms with E-state index in [0.717, 1.165) is 4.88 Å². The third-order valence-electron chi connectivity index (χ3n) is 0.990. The number of thiophene rings is 1. The minimum Gasteiger partial charge on any atom is -0.462 e. The fourth-order valence-corrected chi connectivity index (χ4v) is 1.93. The standard InChI is InChI=1S/C6H4Cl2O2S/c7-5-1-4(2-10-3-9)11-6(5)8/h1,3H,2H2. The van der Waals surface area contributed by atoms with Crippen LogP contribution < -0.4 is 0 Å². The van der Waals surface area contributed by atoms with E-state index in [2.05, 4.69) is 4.74 Å². The monoisotopic (exact) mass is 210 g/mol. The summed E-state index contributed by atoms with van der Waals surface area (Å²) in [6.45, 7) is 0.627. The topological polar surface area (TPSA) is 26.3 Å². The van der Waals surface area contributed by atoms with E-state index in [1.165, 1.54) is 11.3 Å². The molecule has 0 spiro atoms. The number of carbonyl (C=O) groups is 1. The van der Waals surface area contributed by atoms with Crippen LogP contribution in [0, 0.1) is 0 Å². The number of ether oxygens (including phenoxy) is 1. The Bertz CT molecular complexity index is 240. The summed E-state index contributed by atoms with van der Waals surface area (Å²) in [5.41, 5.74) is 0. The molecule has 0 aliphatic carbocycles. The second-order valence-corrected chi connectivity index (χ2v) is 3.89. The summed E-state index contributed by atoms with van der Waals surface area (Å²) in [5.74, 6) is 0. The van der Waals surface area contributed by atoms with Crippen molar-refractivity contribution in [1.29, 1.82) is 0 Å². The lowest BCUT2D eigenvalue weighted by Crippen LogP contribution is -1.84. The molecule has 5 heteroatoms. The SMILES string of the molecule is O=COCc1cc(Cl)c(Cl)s1. The molecule has 0 saturated carbocycles. The Labute approximate surface area is 77.7 Å². The van der Waals surface area contributed by atoms with Crippen molar-refractivity contribution in [2.75, 3.05) is 0 Å². The van der Waals surface area contributed by atoms with Gasteiger partial charge >= 0.3 is 0 Å². The van der Waals surface area contributed by atoms with Crippen molar-refractivity contribution in [2.45, 2.75) is 6.61 Å². The van der Waals surface area contributed by atoms with E-state index in [-0.39, 0.29) is 6.61 Å².